The summed E-state index contributed by atoms with van der Waals surface area (Å²) in [7, 11) is 1.66. The molecule has 0 spiro atoms. The molecule has 0 aliphatic carbocycles. The Morgan fingerprint density at radius 2 is 1.62 bits per heavy atom. The third-order valence-electron chi connectivity index (χ3n) is 4.90. The number of ether oxygens (including phenoxy) is 1. The summed E-state index contributed by atoms with van der Waals surface area (Å²) < 4.78 is 8.01. The number of fused-ring (bicyclic) bond motifs is 1. The monoisotopic (exact) mass is 359 g/mol. The van der Waals surface area contributed by atoms with Crippen LogP contribution in [0.3, 0.4) is 0 Å². The number of hydrogen-bond acceptors (Lipinski definition) is 4. The molecule has 2 heterocycles. The molecule has 26 heavy (non-hydrogen) atoms. The van der Waals surface area contributed by atoms with Crippen LogP contribution in [-0.4, -0.2) is 45.6 Å². The van der Waals surface area contributed by atoms with Crippen LogP contribution in [-0.2, 0) is 27.9 Å². The molecule has 1 fully saturated rings. The predicted molar refractivity (Wildman–Crippen MR) is 97.8 cm³/mol. The Kier molecular flexibility index (Phi) is 5.75. The van der Waals surface area contributed by atoms with Gasteiger partial charge in [-0.15, -0.1) is 0 Å². The average Bonchev–Trinajstić information content (AvgIpc) is 2.85. The van der Waals surface area contributed by atoms with E-state index in [1.807, 2.05) is 18.2 Å². The molecule has 1 amide bonds. The van der Waals surface area contributed by atoms with Crippen LogP contribution < -0.4 is 5.69 Å². The fourth-order valence-corrected chi connectivity index (χ4v) is 3.42. The molecule has 0 saturated carbocycles. The summed E-state index contributed by atoms with van der Waals surface area (Å²) >= 11 is 0. The van der Waals surface area contributed by atoms with Crippen LogP contribution in [0.25, 0.3) is 11.0 Å². The molecule has 0 bridgehead atoms. The summed E-state index contributed by atoms with van der Waals surface area (Å²) in [6, 6.07) is 7.26. The fraction of sp³-hybridized carbons (Fsp3) is 0.526. The summed E-state index contributed by atoms with van der Waals surface area (Å²) in [5, 5.41) is 0. The lowest BCUT2D eigenvalue weighted by molar-refractivity contribution is -0.152. The smallest absolute Gasteiger partial charge is 0.329 e. The van der Waals surface area contributed by atoms with Crippen molar-refractivity contribution in [3.8, 4) is 0 Å². The van der Waals surface area contributed by atoms with E-state index >= 15 is 0 Å². The molecule has 140 valence electrons. The summed E-state index contributed by atoms with van der Waals surface area (Å²) in [5.41, 5.74) is 1.15. The van der Waals surface area contributed by atoms with Crippen molar-refractivity contribution in [2.75, 3.05) is 19.7 Å². The molecule has 2 aromatic rings. The van der Waals surface area contributed by atoms with Crippen molar-refractivity contribution in [1.82, 2.24) is 14.0 Å². The van der Waals surface area contributed by atoms with Crippen molar-refractivity contribution in [2.45, 2.75) is 38.6 Å². The molecular formula is C19H25N3O4. The minimum absolute atomic E-state index is 0.162. The first-order valence-corrected chi connectivity index (χ1v) is 9.15. The van der Waals surface area contributed by atoms with Gasteiger partial charge in [0.05, 0.1) is 11.0 Å². The van der Waals surface area contributed by atoms with Crippen LogP contribution in [0.1, 0.15) is 32.1 Å². The zero-order valence-electron chi connectivity index (χ0n) is 15.1. The van der Waals surface area contributed by atoms with Crippen LogP contribution in [0.5, 0.6) is 0 Å². The van der Waals surface area contributed by atoms with Gasteiger partial charge in [0.2, 0.25) is 0 Å². The number of esters is 1. The van der Waals surface area contributed by atoms with Crippen molar-refractivity contribution in [2.24, 2.45) is 7.05 Å². The molecule has 7 nitrogen and oxygen atoms in total. The van der Waals surface area contributed by atoms with E-state index in [1.54, 1.807) is 18.0 Å². The van der Waals surface area contributed by atoms with Gasteiger partial charge in [0.1, 0.15) is 6.54 Å². The lowest BCUT2D eigenvalue weighted by Gasteiger charge is -2.24. The van der Waals surface area contributed by atoms with Crippen molar-refractivity contribution in [1.29, 1.82) is 0 Å². The molecule has 7 heteroatoms. The Hall–Kier alpha value is -2.57. The summed E-state index contributed by atoms with van der Waals surface area (Å²) in [6.07, 6.45) is 5.47. The van der Waals surface area contributed by atoms with Crippen LogP contribution >= 0.6 is 0 Å². The number of hydrogen-bond donors (Lipinski definition) is 0. The minimum atomic E-state index is -0.580. The zero-order valence-corrected chi connectivity index (χ0v) is 15.1. The highest BCUT2D eigenvalue weighted by Gasteiger charge is 2.18. The van der Waals surface area contributed by atoms with Gasteiger partial charge in [0, 0.05) is 20.1 Å². The van der Waals surface area contributed by atoms with Crippen LogP contribution in [0.15, 0.2) is 29.1 Å². The number of benzene rings is 1. The summed E-state index contributed by atoms with van der Waals surface area (Å²) in [4.78, 5) is 38.5. The first-order chi connectivity index (χ1) is 12.6. The Morgan fingerprint density at radius 3 is 2.31 bits per heavy atom. The number of likely N-dealkylation sites (tertiary alicyclic amines) is 1. The van der Waals surface area contributed by atoms with E-state index in [9.17, 15) is 14.4 Å². The second-order valence-corrected chi connectivity index (χ2v) is 6.73. The molecule has 1 aliphatic heterocycles. The van der Waals surface area contributed by atoms with E-state index in [2.05, 4.69) is 0 Å². The van der Waals surface area contributed by atoms with Gasteiger partial charge in [-0.2, -0.15) is 0 Å². The number of aromatic nitrogens is 2. The van der Waals surface area contributed by atoms with E-state index in [1.165, 1.54) is 15.6 Å². The van der Waals surface area contributed by atoms with E-state index in [0.29, 0.717) is 5.52 Å². The lowest BCUT2D eigenvalue weighted by Crippen LogP contribution is -2.37. The van der Waals surface area contributed by atoms with Gasteiger partial charge >= 0.3 is 11.7 Å². The molecule has 0 atom stereocenters. The van der Waals surface area contributed by atoms with Crippen molar-refractivity contribution in [3.63, 3.8) is 0 Å². The van der Waals surface area contributed by atoms with Crippen LogP contribution in [0.4, 0.5) is 0 Å². The predicted octanol–water partition coefficient (Wildman–Crippen LogP) is 1.68. The quantitative estimate of drug-likeness (QED) is 0.779. The first-order valence-electron chi connectivity index (χ1n) is 9.15. The zero-order chi connectivity index (χ0) is 18.5. The molecular weight excluding hydrogens is 334 g/mol. The third-order valence-corrected chi connectivity index (χ3v) is 4.90. The number of imidazole rings is 1. The van der Waals surface area contributed by atoms with Crippen LogP contribution in [0, 0.1) is 0 Å². The lowest BCUT2D eigenvalue weighted by atomic mass is 10.1. The average molecular weight is 359 g/mol. The van der Waals surface area contributed by atoms with Crippen LogP contribution in [0.2, 0.25) is 0 Å². The van der Waals surface area contributed by atoms with E-state index in [4.69, 9.17) is 4.74 Å². The number of rotatable bonds is 4. The molecule has 0 N–H and O–H groups in total. The number of aryl methyl sites for hydroxylation is 1. The number of amides is 1. The number of para-hydroxylation sites is 2. The fourth-order valence-electron chi connectivity index (χ4n) is 3.42. The molecule has 1 aliphatic rings. The maximum absolute atomic E-state index is 12.3. The minimum Gasteiger partial charge on any atom is -0.454 e. The molecule has 1 saturated heterocycles. The molecule has 3 rings (SSSR count). The maximum atomic E-state index is 12.3. The number of carbonyl (C=O) groups is 2. The van der Waals surface area contributed by atoms with E-state index in [0.717, 1.165) is 44.3 Å². The highest BCUT2D eigenvalue weighted by atomic mass is 16.5. The normalized spacial score (nSPS) is 15.5. The van der Waals surface area contributed by atoms with Gasteiger partial charge in [0.15, 0.2) is 6.61 Å². The standard InChI is InChI=1S/C19H25N3O4/c1-20-15-9-5-6-10-16(15)22(19(20)25)13-18(24)26-14-17(23)21-11-7-3-2-4-8-12-21/h5-6,9-10H,2-4,7-8,11-14H2,1H3. The van der Waals surface area contributed by atoms with Gasteiger partial charge in [-0.25, -0.2) is 4.79 Å². The number of carbonyl (C=O) groups excluding carboxylic acids is 2. The highest BCUT2D eigenvalue weighted by molar-refractivity contribution is 5.82. The third kappa shape index (κ3) is 3.98. The SMILES string of the molecule is Cn1c(=O)n(CC(=O)OCC(=O)N2CCCCCCC2)c2ccccc21. The second kappa shape index (κ2) is 8.21. The van der Waals surface area contributed by atoms with Crippen molar-refractivity contribution in [3.05, 3.63) is 34.7 Å². The Bertz CT molecular complexity index is 844. The molecule has 1 aromatic carbocycles. The Morgan fingerprint density at radius 1 is 1.00 bits per heavy atom. The second-order valence-electron chi connectivity index (χ2n) is 6.73. The van der Waals surface area contributed by atoms with Gasteiger partial charge in [-0.3, -0.25) is 18.7 Å². The topological polar surface area (TPSA) is 73.5 Å². The van der Waals surface area contributed by atoms with E-state index in [-0.39, 0.29) is 24.7 Å². The Labute approximate surface area is 152 Å². The highest BCUT2D eigenvalue weighted by Crippen LogP contribution is 2.12. The van der Waals surface area contributed by atoms with Gasteiger partial charge in [0.25, 0.3) is 5.91 Å². The summed E-state index contributed by atoms with van der Waals surface area (Å²) in [6.45, 7) is 0.976. The first kappa shape index (κ1) is 18.2. The molecule has 1 aromatic heterocycles. The summed E-state index contributed by atoms with van der Waals surface area (Å²) in [5.74, 6) is -0.741. The van der Waals surface area contributed by atoms with E-state index < -0.39 is 5.97 Å². The van der Waals surface area contributed by atoms with Gasteiger partial charge in [-0.05, 0) is 25.0 Å². The molecule has 0 radical (unpaired) electrons. The Balaban J connectivity index is 1.60. The van der Waals surface area contributed by atoms with Crippen molar-refractivity contribution >= 4 is 22.9 Å². The van der Waals surface area contributed by atoms with Gasteiger partial charge < -0.3 is 9.64 Å². The number of nitrogens with zero attached hydrogens (tertiary/aromatic N) is 3. The maximum Gasteiger partial charge on any atom is 0.329 e. The largest absolute Gasteiger partial charge is 0.454 e. The molecule has 0 unspecified atom stereocenters. The van der Waals surface area contributed by atoms with Gasteiger partial charge in [-0.1, -0.05) is 31.4 Å². The van der Waals surface area contributed by atoms with Crippen molar-refractivity contribution < 1.29 is 14.3 Å².